The summed E-state index contributed by atoms with van der Waals surface area (Å²) in [6, 6.07) is 7.45. The molecule has 0 aliphatic heterocycles. The molecule has 0 amide bonds. The van der Waals surface area contributed by atoms with E-state index in [1.807, 2.05) is 31.2 Å². The summed E-state index contributed by atoms with van der Waals surface area (Å²) in [5.74, 6) is 0.685. The Bertz CT molecular complexity index is 541. The highest BCUT2D eigenvalue weighted by Crippen LogP contribution is 2.09. The first kappa shape index (κ1) is 16.8. The maximum absolute atomic E-state index is 11.1. The van der Waals surface area contributed by atoms with Gasteiger partial charge in [0.05, 0.1) is 12.3 Å². The van der Waals surface area contributed by atoms with Crippen molar-refractivity contribution in [3.63, 3.8) is 0 Å². The molecule has 7 heteroatoms. The van der Waals surface area contributed by atoms with Gasteiger partial charge in [-0.15, -0.1) is 0 Å². The standard InChI is InChI=1S/C13H20ClN3O2S/c1-3-15-13(16-8-9-20(2,18)19)17-10-11-4-6-12(14)7-5-11/h4-7H,3,8-10H2,1-2H3,(H2,15,16,17). The summed E-state index contributed by atoms with van der Waals surface area (Å²) >= 11 is 5.82. The maximum Gasteiger partial charge on any atom is 0.191 e. The third-order valence-corrected chi connectivity index (χ3v) is 3.64. The topological polar surface area (TPSA) is 70.6 Å². The second-order valence-electron chi connectivity index (χ2n) is 4.38. The molecule has 0 fully saturated rings. The van der Waals surface area contributed by atoms with Gasteiger partial charge in [0.15, 0.2) is 5.96 Å². The first-order valence-electron chi connectivity index (χ1n) is 6.35. The van der Waals surface area contributed by atoms with Crippen molar-refractivity contribution in [1.82, 2.24) is 10.6 Å². The van der Waals surface area contributed by atoms with Gasteiger partial charge in [-0.3, -0.25) is 0 Å². The van der Waals surface area contributed by atoms with Crippen molar-refractivity contribution < 1.29 is 8.42 Å². The molecule has 112 valence electrons. The van der Waals surface area contributed by atoms with Gasteiger partial charge < -0.3 is 10.6 Å². The lowest BCUT2D eigenvalue weighted by Crippen LogP contribution is -2.39. The Balaban J connectivity index is 2.55. The van der Waals surface area contributed by atoms with Gasteiger partial charge in [-0.2, -0.15) is 0 Å². The summed E-state index contributed by atoms with van der Waals surface area (Å²) in [6.07, 6.45) is 1.21. The van der Waals surface area contributed by atoms with Gasteiger partial charge in [0.2, 0.25) is 0 Å². The highest BCUT2D eigenvalue weighted by atomic mass is 35.5. The molecule has 1 rings (SSSR count). The molecule has 1 aromatic carbocycles. The summed E-state index contributed by atoms with van der Waals surface area (Å²) < 4.78 is 22.1. The predicted molar refractivity (Wildman–Crippen MR) is 84.0 cm³/mol. The third-order valence-electron chi connectivity index (χ3n) is 2.44. The van der Waals surface area contributed by atoms with Crippen LogP contribution in [0.15, 0.2) is 29.3 Å². The number of nitrogens with zero attached hydrogens (tertiary/aromatic N) is 1. The van der Waals surface area contributed by atoms with Gasteiger partial charge in [0, 0.05) is 24.4 Å². The zero-order valence-corrected chi connectivity index (χ0v) is 13.3. The molecule has 0 heterocycles. The van der Waals surface area contributed by atoms with Gasteiger partial charge in [0.25, 0.3) is 0 Å². The van der Waals surface area contributed by atoms with Crippen molar-refractivity contribution >= 4 is 27.4 Å². The lowest BCUT2D eigenvalue weighted by atomic mass is 10.2. The Kier molecular flexibility index (Phi) is 6.81. The molecule has 0 spiro atoms. The van der Waals surface area contributed by atoms with Crippen molar-refractivity contribution in [3.05, 3.63) is 34.9 Å². The van der Waals surface area contributed by atoms with Crippen LogP contribution in [0.25, 0.3) is 0 Å². The molecule has 5 nitrogen and oxygen atoms in total. The van der Waals surface area contributed by atoms with Crippen LogP contribution in [0.4, 0.5) is 0 Å². The fourth-order valence-corrected chi connectivity index (χ4v) is 2.06. The summed E-state index contributed by atoms with van der Waals surface area (Å²) in [6.45, 7) is 3.51. The van der Waals surface area contributed by atoms with E-state index in [9.17, 15) is 8.42 Å². The molecule has 0 radical (unpaired) electrons. The fourth-order valence-electron chi connectivity index (χ4n) is 1.46. The largest absolute Gasteiger partial charge is 0.357 e. The van der Waals surface area contributed by atoms with Gasteiger partial charge in [-0.05, 0) is 24.6 Å². The molecule has 2 N–H and O–H groups in total. The van der Waals surface area contributed by atoms with Crippen LogP contribution in [-0.2, 0) is 16.4 Å². The zero-order chi connectivity index (χ0) is 15.0. The molecule has 0 atom stereocenters. The van der Waals surface area contributed by atoms with E-state index in [0.717, 1.165) is 5.56 Å². The molecule has 0 bridgehead atoms. The second-order valence-corrected chi connectivity index (χ2v) is 7.07. The molecule has 0 aromatic heterocycles. The summed E-state index contributed by atoms with van der Waals surface area (Å²) in [5.41, 5.74) is 1.04. The smallest absolute Gasteiger partial charge is 0.191 e. The van der Waals surface area contributed by atoms with Crippen LogP contribution in [0.2, 0.25) is 5.02 Å². The van der Waals surface area contributed by atoms with Crippen LogP contribution < -0.4 is 10.6 Å². The van der Waals surface area contributed by atoms with Crippen LogP contribution in [-0.4, -0.2) is 39.5 Å². The van der Waals surface area contributed by atoms with Gasteiger partial charge in [0.1, 0.15) is 9.84 Å². The monoisotopic (exact) mass is 317 g/mol. The van der Waals surface area contributed by atoms with Crippen molar-refractivity contribution in [2.75, 3.05) is 25.1 Å². The Morgan fingerprint density at radius 1 is 1.25 bits per heavy atom. The number of benzene rings is 1. The summed E-state index contributed by atoms with van der Waals surface area (Å²) in [4.78, 5) is 4.39. The first-order chi connectivity index (χ1) is 9.40. The normalized spacial score (nSPS) is 12.2. The number of rotatable bonds is 6. The van der Waals surface area contributed by atoms with Crippen LogP contribution in [0, 0.1) is 0 Å². The first-order valence-corrected chi connectivity index (χ1v) is 8.79. The van der Waals surface area contributed by atoms with Crippen LogP contribution in [0.5, 0.6) is 0 Å². The molecule has 0 aliphatic carbocycles. The van der Waals surface area contributed by atoms with Crippen LogP contribution in [0.1, 0.15) is 12.5 Å². The molecule has 0 unspecified atom stereocenters. The SMILES string of the molecule is CCNC(=NCc1ccc(Cl)cc1)NCCS(C)(=O)=O. The lowest BCUT2D eigenvalue weighted by molar-refractivity contribution is 0.600. The van der Waals surface area contributed by atoms with E-state index in [1.54, 1.807) is 0 Å². The molecular formula is C13H20ClN3O2S. The minimum Gasteiger partial charge on any atom is -0.357 e. The van der Waals surface area contributed by atoms with Gasteiger partial charge in [-0.1, -0.05) is 23.7 Å². The Morgan fingerprint density at radius 2 is 1.90 bits per heavy atom. The quantitative estimate of drug-likeness (QED) is 0.615. The number of nitrogens with one attached hydrogen (secondary N) is 2. The van der Waals surface area contributed by atoms with E-state index in [4.69, 9.17) is 11.6 Å². The van der Waals surface area contributed by atoms with E-state index in [1.165, 1.54) is 6.26 Å². The third kappa shape index (κ3) is 7.35. The number of hydrogen-bond donors (Lipinski definition) is 2. The average molecular weight is 318 g/mol. The Labute approximate surface area is 125 Å². The highest BCUT2D eigenvalue weighted by molar-refractivity contribution is 7.90. The van der Waals surface area contributed by atoms with E-state index < -0.39 is 9.84 Å². The molecule has 0 saturated carbocycles. The van der Waals surface area contributed by atoms with E-state index >= 15 is 0 Å². The molecule has 1 aromatic rings. The van der Waals surface area contributed by atoms with Crippen molar-refractivity contribution in [3.8, 4) is 0 Å². The van der Waals surface area contributed by atoms with E-state index in [2.05, 4.69) is 15.6 Å². The molecule has 20 heavy (non-hydrogen) atoms. The average Bonchev–Trinajstić information content (AvgIpc) is 2.36. The number of hydrogen-bond acceptors (Lipinski definition) is 3. The van der Waals surface area contributed by atoms with Crippen molar-refractivity contribution in [2.24, 2.45) is 4.99 Å². The minimum absolute atomic E-state index is 0.0817. The number of halogens is 1. The minimum atomic E-state index is -2.97. The Hall–Kier alpha value is -1.27. The maximum atomic E-state index is 11.1. The predicted octanol–water partition coefficient (Wildman–Crippen LogP) is 1.44. The van der Waals surface area contributed by atoms with Gasteiger partial charge >= 0.3 is 0 Å². The van der Waals surface area contributed by atoms with E-state index in [-0.39, 0.29) is 5.75 Å². The van der Waals surface area contributed by atoms with Crippen LogP contribution >= 0.6 is 11.6 Å². The van der Waals surface area contributed by atoms with Crippen molar-refractivity contribution in [1.29, 1.82) is 0 Å². The summed E-state index contributed by atoms with van der Waals surface area (Å²) in [5, 5.41) is 6.75. The highest BCUT2D eigenvalue weighted by Gasteiger charge is 2.03. The molecular weight excluding hydrogens is 298 g/mol. The number of sulfone groups is 1. The summed E-state index contributed by atoms with van der Waals surface area (Å²) in [7, 11) is -2.97. The zero-order valence-electron chi connectivity index (χ0n) is 11.7. The Morgan fingerprint density at radius 3 is 2.45 bits per heavy atom. The fraction of sp³-hybridized carbons (Fsp3) is 0.462. The molecule has 0 saturated heterocycles. The van der Waals surface area contributed by atoms with Crippen molar-refractivity contribution in [2.45, 2.75) is 13.5 Å². The molecule has 0 aliphatic rings. The number of aliphatic imine (C=N–C) groups is 1. The number of guanidine groups is 1. The van der Waals surface area contributed by atoms with Gasteiger partial charge in [-0.25, -0.2) is 13.4 Å². The van der Waals surface area contributed by atoms with Crippen LogP contribution in [0.3, 0.4) is 0 Å². The lowest BCUT2D eigenvalue weighted by Gasteiger charge is -2.10. The second kappa shape index (κ2) is 8.11. The van der Waals surface area contributed by atoms with E-state index in [0.29, 0.717) is 30.6 Å².